The highest BCUT2D eigenvalue weighted by molar-refractivity contribution is 14.1. The number of non-ortho nitro benzene ring substituents is 1. The maximum absolute atomic E-state index is 11.9. The number of halogens is 2. The summed E-state index contributed by atoms with van der Waals surface area (Å²) in [6.07, 6.45) is 1.14. The molecular formula is C14H9BrIN3O4. The second kappa shape index (κ2) is 7.51. The van der Waals surface area contributed by atoms with E-state index in [0.717, 1.165) is 15.9 Å². The van der Waals surface area contributed by atoms with E-state index in [9.17, 15) is 20.0 Å². The van der Waals surface area contributed by atoms with Gasteiger partial charge in [-0.15, -0.1) is 0 Å². The molecule has 0 spiro atoms. The lowest BCUT2D eigenvalue weighted by Gasteiger charge is -2.03. The number of nitro benzene ring substituents is 1. The van der Waals surface area contributed by atoms with Crippen LogP contribution in [0.15, 0.2) is 46.0 Å². The molecule has 0 aliphatic rings. The van der Waals surface area contributed by atoms with E-state index in [1.807, 2.05) is 0 Å². The van der Waals surface area contributed by atoms with Gasteiger partial charge in [-0.3, -0.25) is 14.9 Å². The van der Waals surface area contributed by atoms with E-state index in [4.69, 9.17) is 0 Å². The van der Waals surface area contributed by atoms with Crippen molar-refractivity contribution < 1.29 is 14.8 Å². The standard InChI is InChI=1S/C14H9BrIN3O4/c15-12-6-11(19(22)23)5-9(13(12)20)7-17-18-14(21)8-1-3-10(16)4-2-8/h1-7,20H,(H,18,21)/b17-7-. The number of phenolic OH excluding ortho intramolecular Hbond substituents is 1. The van der Waals surface area contributed by atoms with E-state index in [0.29, 0.717) is 5.56 Å². The van der Waals surface area contributed by atoms with Gasteiger partial charge in [0.05, 0.1) is 15.6 Å². The van der Waals surface area contributed by atoms with Crippen LogP contribution in [0.1, 0.15) is 15.9 Å². The molecular weight excluding hydrogens is 481 g/mol. The molecule has 0 unspecified atom stereocenters. The second-order valence-electron chi connectivity index (χ2n) is 4.33. The van der Waals surface area contributed by atoms with Gasteiger partial charge in [0, 0.05) is 26.8 Å². The van der Waals surface area contributed by atoms with E-state index < -0.39 is 10.8 Å². The normalized spacial score (nSPS) is 10.7. The molecule has 0 aromatic heterocycles. The van der Waals surface area contributed by atoms with Crippen molar-refractivity contribution >= 4 is 56.3 Å². The van der Waals surface area contributed by atoms with E-state index >= 15 is 0 Å². The number of amides is 1. The Morgan fingerprint density at radius 2 is 2.00 bits per heavy atom. The highest BCUT2D eigenvalue weighted by Crippen LogP contribution is 2.31. The quantitative estimate of drug-likeness (QED) is 0.297. The van der Waals surface area contributed by atoms with Crippen LogP contribution in [-0.4, -0.2) is 22.2 Å². The first kappa shape index (κ1) is 17.3. The van der Waals surface area contributed by atoms with Crippen molar-refractivity contribution in [1.82, 2.24) is 5.43 Å². The van der Waals surface area contributed by atoms with Crippen molar-refractivity contribution in [3.63, 3.8) is 0 Å². The van der Waals surface area contributed by atoms with Crippen molar-refractivity contribution in [2.75, 3.05) is 0 Å². The number of nitro groups is 1. The molecule has 0 aliphatic carbocycles. The highest BCUT2D eigenvalue weighted by Gasteiger charge is 2.13. The van der Waals surface area contributed by atoms with Gasteiger partial charge >= 0.3 is 0 Å². The smallest absolute Gasteiger partial charge is 0.271 e. The number of nitrogens with zero attached hydrogens (tertiary/aromatic N) is 2. The molecule has 2 rings (SSSR count). The Hall–Kier alpha value is -2.01. The van der Waals surface area contributed by atoms with Crippen LogP contribution in [0.5, 0.6) is 5.75 Å². The van der Waals surface area contributed by atoms with Gasteiger partial charge in [0.1, 0.15) is 5.75 Å². The van der Waals surface area contributed by atoms with E-state index in [1.165, 1.54) is 6.07 Å². The van der Waals surface area contributed by atoms with Gasteiger partial charge in [0.2, 0.25) is 0 Å². The first-order valence-corrected chi connectivity index (χ1v) is 8.01. The lowest BCUT2D eigenvalue weighted by molar-refractivity contribution is -0.385. The Kier molecular flexibility index (Phi) is 5.66. The highest BCUT2D eigenvalue weighted by atomic mass is 127. The Morgan fingerprint density at radius 3 is 2.61 bits per heavy atom. The van der Waals surface area contributed by atoms with Crippen LogP contribution in [0.2, 0.25) is 0 Å². The summed E-state index contributed by atoms with van der Waals surface area (Å²) < 4.78 is 1.16. The number of hydrazone groups is 1. The Morgan fingerprint density at radius 1 is 1.35 bits per heavy atom. The lowest BCUT2D eigenvalue weighted by Crippen LogP contribution is -2.17. The van der Waals surface area contributed by atoms with Gasteiger partial charge in [-0.1, -0.05) is 0 Å². The molecule has 1 amide bonds. The zero-order valence-corrected chi connectivity index (χ0v) is 15.1. The summed E-state index contributed by atoms with van der Waals surface area (Å²) >= 11 is 5.15. The van der Waals surface area contributed by atoms with Crippen molar-refractivity contribution in [2.45, 2.75) is 0 Å². The van der Waals surface area contributed by atoms with Crippen LogP contribution in [-0.2, 0) is 0 Å². The average molecular weight is 490 g/mol. The second-order valence-corrected chi connectivity index (χ2v) is 6.43. The summed E-state index contributed by atoms with van der Waals surface area (Å²) in [7, 11) is 0. The van der Waals surface area contributed by atoms with Gasteiger partial charge in [-0.25, -0.2) is 5.43 Å². The van der Waals surface area contributed by atoms with Crippen LogP contribution in [0.4, 0.5) is 5.69 Å². The number of carbonyl (C=O) groups is 1. The number of carbonyl (C=O) groups excluding carboxylic acids is 1. The largest absolute Gasteiger partial charge is 0.506 e. The van der Waals surface area contributed by atoms with Gasteiger partial charge in [0.25, 0.3) is 11.6 Å². The third kappa shape index (κ3) is 4.48. The number of nitrogens with one attached hydrogen (secondary N) is 1. The van der Waals surface area contributed by atoms with Crippen LogP contribution >= 0.6 is 38.5 Å². The minimum absolute atomic E-state index is 0.106. The Balaban J connectivity index is 2.15. The minimum Gasteiger partial charge on any atom is -0.506 e. The Bertz CT molecular complexity index is 793. The van der Waals surface area contributed by atoms with Crippen molar-refractivity contribution in [2.24, 2.45) is 5.10 Å². The monoisotopic (exact) mass is 489 g/mol. The predicted molar refractivity (Wildman–Crippen MR) is 96.7 cm³/mol. The summed E-state index contributed by atoms with van der Waals surface area (Å²) in [4.78, 5) is 22.1. The molecule has 0 fully saturated rings. The molecule has 0 heterocycles. The molecule has 2 N–H and O–H groups in total. The van der Waals surface area contributed by atoms with Gasteiger partial charge in [-0.05, 0) is 62.8 Å². The average Bonchev–Trinajstić information content (AvgIpc) is 2.51. The number of hydrogen-bond donors (Lipinski definition) is 2. The molecule has 0 bridgehead atoms. The fraction of sp³-hybridized carbons (Fsp3) is 0. The maximum Gasteiger partial charge on any atom is 0.271 e. The maximum atomic E-state index is 11.9. The van der Waals surface area contributed by atoms with Crippen molar-refractivity contribution in [3.05, 3.63) is 65.7 Å². The molecule has 9 heteroatoms. The van der Waals surface area contributed by atoms with Crippen molar-refractivity contribution in [1.29, 1.82) is 0 Å². The van der Waals surface area contributed by atoms with Crippen LogP contribution in [0.25, 0.3) is 0 Å². The zero-order chi connectivity index (χ0) is 17.0. The van der Waals surface area contributed by atoms with Crippen LogP contribution in [0, 0.1) is 13.7 Å². The molecule has 23 heavy (non-hydrogen) atoms. The number of phenols is 1. The lowest BCUT2D eigenvalue weighted by atomic mass is 10.2. The third-order valence-electron chi connectivity index (χ3n) is 2.76. The number of benzene rings is 2. The molecule has 2 aromatic carbocycles. The molecule has 118 valence electrons. The zero-order valence-electron chi connectivity index (χ0n) is 11.4. The molecule has 0 radical (unpaired) electrons. The summed E-state index contributed by atoms with van der Waals surface area (Å²) in [5.41, 5.74) is 2.61. The minimum atomic E-state index is -0.592. The Labute approximate surface area is 152 Å². The predicted octanol–water partition coefficient (Wildman–Crippen LogP) is 3.43. The van der Waals surface area contributed by atoms with Gasteiger partial charge < -0.3 is 5.11 Å². The first-order valence-electron chi connectivity index (χ1n) is 6.14. The number of rotatable bonds is 4. The molecule has 0 atom stereocenters. The fourth-order valence-corrected chi connectivity index (χ4v) is 2.46. The summed E-state index contributed by atoms with van der Waals surface area (Å²) in [6, 6.07) is 9.19. The fourth-order valence-electron chi connectivity index (χ4n) is 1.64. The molecule has 0 saturated heterocycles. The van der Waals surface area contributed by atoms with Crippen molar-refractivity contribution in [3.8, 4) is 5.75 Å². The SMILES string of the molecule is O=C(N/N=C\c1cc([N+](=O)[O-])cc(Br)c1O)c1ccc(I)cc1. The van der Waals surface area contributed by atoms with Gasteiger partial charge in [0.15, 0.2) is 0 Å². The molecule has 0 saturated carbocycles. The van der Waals surface area contributed by atoms with E-state index in [2.05, 4.69) is 49.0 Å². The number of hydrogen-bond acceptors (Lipinski definition) is 5. The molecule has 2 aromatic rings. The molecule has 0 aliphatic heterocycles. The summed E-state index contributed by atoms with van der Waals surface area (Å²) in [5, 5.41) is 24.4. The summed E-state index contributed by atoms with van der Waals surface area (Å²) in [5.74, 6) is -0.635. The third-order valence-corrected chi connectivity index (χ3v) is 4.09. The topological polar surface area (TPSA) is 105 Å². The van der Waals surface area contributed by atoms with Gasteiger partial charge in [-0.2, -0.15) is 5.10 Å². The van der Waals surface area contributed by atoms with E-state index in [1.54, 1.807) is 24.3 Å². The number of aromatic hydroxyl groups is 1. The van der Waals surface area contributed by atoms with Crippen LogP contribution in [0.3, 0.4) is 0 Å². The molecule has 7 nitrogen and oxygen atoms in total. The van der Waals surface area contributed by atoms with Crippen LogP contribution < -0.4 is 5.43 Å². The van der Waals surface area contributed by atoms with E-state index in [-0.39, 0.29) is 21.5 Å². The summed E-state index contributed by atoms with van der Waals surface area (Å²) in [6.45, 7) is 0. The first-order chi connectivity index (χ1) is 10.9.